The summed E-state index contributed by atoms with van der Waals surface area (Å²) in [6, 6.07) is 2.46. The van der Waals surface area contributed by atoms with E-state index in [0.29, 0.717) is 12.0 Å². The fraction of sp³-hybridized carbons (Fsp3) is 0.353. The Kier molecular flexibility index (Phi) is 4.50. The van der Waals surface area contributed by atoms with E-state index in [2.05, 4.69) is 20.6 Å². The molecular weight excluding hydrogens is 304 g/mol. The van der Waals surface area contributed by atoms with Gasteiger partial charge in [0.15, 0.2) is 0 Å². The molecule has 2 heterocycles. The van der Waals surface area contributed by atoms with Crippen molar-refractivity contribution in [1.82, 2.24) is 15.3 Å². The van der Waals surface area contributed by atoms with Crippen LogP contribution in [0.1, 0.15) is 31.7 Å². The number of nitrogens with two attached hydrogens (primary N) is 1. The number of carbonyl (C=O) groups excluding carboxylic acids is 1. The number of pyridine rings is 1. The summed E-state index contributed by atoms with van der Waals surface area (Å²) in [5, 5.41) is 15.1. The molecule has 6 N–H and O–H groups in total. The summed E-state index contributed by atoms with van der Waals surface area (Å²) in [6.07, 6.45) is 8.48. The first-order chi connectivity index (χ1) is 11.7. The highest BCUT2D eigenvalue weighted by Crippen LogP contribution is 2.33. The summed E-state index contributed by atoms with van der Waals surface area (Å²) < 4.78 is 0. The van der Waals surface area contributed by atoms with Gasteiger partial charge in [0.2, 0.25) is 5.91 Å². The van der Waals surface area contributed by atoms with Crippen molar-refractivity contribution < 1.29 is 4.79 Å². The van der Waals surface area contributed by atoms with Crippen molar-refractivity contribution in [3.8, 4) is 0 Å². The lowest BCUT2D eigenvalue weighted by Gasteiger charge is -2.37. The van der Waals surface area contributed by atoms with Gasteiger partial charge in [-0.25, -0.2) is 4.98 Å². The normalized spacial score (nSPS) is 20.5. The van der Waals surface area contributed by atoms with E-state index >= 15 is 0 Å². The number of nitrogens with zero attached hydrogens (tertiary/aromatic N) is 1. The van der Waals surface area contributed by atoms with Gasteiger partial charge in [-0.1, -0.05) is 6.92 Å². The molecular formula is C17H22N6O. The zero-order valence-corrected chi connectivity index (χ0v) is 13.6. The summed E-state index contributed by atoms with van der Waals surface area (Å²) in [7, 11) is 0. The Morgan fingerprint density at radius 3 is 2.96 bits per heavy atom. The Morgan fingerprint density at radius 2 is 2.29 bits per heavy atom. The van der Waals surface area contributed by atoms with Gasteiger partial charge in [0.1, 0.15) is 5.65 Å². The standard InChI is InChI=1S/C17H22N6O/c1-2-15(24)22-11-5-12(6-11)23-16-13-3-4-20-17(13)21-9-14(16)10(7-18)8-19/h3-4,7-9,11-12,18H,2,5-6,19H2,1H3,(H,22,24)(H2,20,21,23)/b10-8+,18-7?. The molecule has 0 radical (unpaired) electrons. The van der Waals surface area contributed by atoms with E-state index in [4.69, 9.17) is 11.1 Å². The summed E-state index contributed by atoms with van der Waals surface area (Å²) in [5.41, 5.74) is 8.78. The van der Waals surface area contributed by atoms with Gasteiger partial charge in [0.25, 0.3) is 0 Å². The Hall–Kier alpha value is -2.83. The number of aromatic nitrogens is 2. The highest BCUT2D eigenvalue weighted by molar-refractivity contribution is 6.13. The largest absolute Gasteiger partial charge is 0.404 e. The number of H-pyrrole nitrogens is 1. The number of anilines is 1. The van der Waals surface area contributed by atoms with Crippen LogP contribution in [0.4, 0.5) is 5.69 Å². The quantitative estimate of drug-likeness (QED) is 0.521. The molecule has 0 aliphatic heterocycles. The number of carbonyl (C=O) groups is 1. The molecule has 24 heavy (non-hydrogen) atoms. The van der Waals surface area contributed by atoms with Crippen LogP contribution in [-0.2, 0) is 4.79 Å². The molecule has 2 aromatic rings. The lowest BCUT2D eigenvalue weighted by Crippen LogP contribution is -2.49. The van der Waals surface area contributed by atoms with Crippen molar-refractivity contribution >= 4 is 34.4 Å². The zero-order valence-electron chi connectivity index (χ0n) is 13.6. The van der Waals surface area contributed by atoms with E-state index < -0.39 is 0 Å². The smallest absolute Gasteiger partial charge is 0.219 e. The first-order valence-corrected chi connectivity index (χ1v) is 8.11. The second-order valence-corrected chi connectivity index (χ2v) is 5.98. The number of rotatable bonds is 6. The summed E-state index contributed by atoms with van der Waals surface area (Å²) in [5.74, 6) is 0.0910. The van der Waals surface area contributed by atoms with E-state index in [0.717, 1.165) is 35.1 Å². The van der Waals surface area contributed by atoms with Crippen LogP contribution in [0.5, 0.6) is 0 Å². The van der Waals surface area contributed by atoms with E-state index in [9.17, 15) is 4.79 Å². The number of nitrogens with one attached hydrogen (secondary N) is 4. The molecule has 1 aliphatic rings. The van der Waals surface area contributed by atoms with Crippen LogP contribution in [0.3, 0.4) is 0 Å². The lowest BCUT2D eigenvalue weighted by molar-refractivity contribution is -0.122. The molecule has 7 nitrogen and oxygen atoms in total. The lowest BCUT2D eigenvalue weighted by atomic mass is 9.86. The van der Waals surface area contributed by atoms with Gasteiger partial charge in [-0.3, -0.25) is 4.79 Å². The highest BCUT2D eigenvalue weighted by Gasteiger charge is 2.31. The van der Waals surface area contributed by atoms with Crippen LogP contribution < -0.4 is 16.4 Å². The molecule has 1 saturated carbocycles. The number of aromatic amines is 1. The molecule has 1 aliphatic carbocycles. The van der Waals surface area contributed by atoms with E-state index in [1.54, 1.807) is 6.20 Å². The predicted octanol–water partition coefficient (Wildman–Crippen LogP) is 1.98. The monoisotopic (exact) mass is 326 g/mol. The van der Waals surface area contributed by atoms with Crippen LogP contribution in [0.15, 0.2) is 24.7 Å². The fourth-order valence-electron chi connectivity index (χ4n) is 2.99. The molecule has 0 saturated heterocycles. The van der Waals surface area contributed by atoms with Gasteiger partial charge in [-0.15, -0.1) is 0 Å². The molecule has 1 amide bonds. The summed E-state index contributed by atoms with van der Waals surface area (Å²) in [4.78, 5) is 18.9. The van der Waals surface area contributed by atoms with Gasteiger partial charge in [0, 0.05) is 59.8 Å². The van der Waals surface area contributed by atoms with Gasteiger partial charge >= 0.3 is 0 Å². The average molecular weight is 326 g/mol. The van der Waals surface area contributed by atoms with Crippen LogP contribution >= 0.6 is 0 Å². The van der Waals surface area contributed by atoms with Crippen molar-refractivity contribution in [2.24, 2.45) is 5.73 Å². The van der Waals surface area contributed by atoms with Crippen LogP contribution in [-0.4, -0.2) is 34.2 Å². The molecule has 0 unspecified atom stereocenters. The second kappa shape index (κ2) is 6.74. The number of hydrogen-bond acceptors (Lipinski definition) is 5. The molecule has 7 heteroatoms. The molecule has 0 bridgehead atoms. The molecule has 0 atom stereocenters. The van der Waals surface area contributed by atoms with Crippen LogP contribution in [0, 0.1) is 5.41 Å². The number of hydrogen-bond donors (Lipinski definition) is 5. The third kappa shape index (κ3) is 2.97. The third-order valence-electron chi connectivity index (χ3n) is 4.41. The maximum Gasteiger partial charge on any atom is 0.219 e. The van der Waals surface area contributed by atoms with Crippen molar-refractivity contribution in [2.75, 3.05) is 5.32 Å². The molecule has 0 spiro atoms. The minimum Gasteiger partial charge on any atom is -0.404 e. The molecule has 2 aromatic heterocycles. The van der Waals surface area contributed by atoms with Gasteiger partial charge in [-0.2, -0.15) is 0 Å². The number of fused-ring (bicyclic) bond motifs is 1. The van der Waals surface area contributed by atoms with Gasteiger partial charge in [-0.05, 0) is 18.9 Å². The SMILES string of the molecule is CCC(=O)NC1CC(Nc2c(/C(C=N)=C/N)cnc3[nH]ccc23)C1. The Bertz CT molecular complexity index is 787. The third-order valence-corrected chi connectivity index (χ3v) is 4.41. The van der Waals surface area contributed by atoms with Crippen LogP contribution in [0.25, 0.3) is 16.6 Å². The van der Waals surface area contributed by atoms with E-state index in [-0.39, 0.29) is 18.0 Å². The molecule has 0 aromatic carbocycles. The molecule has 3 rings (SSSR count). The number of amides is 1. The molecule has 1 fully saturated rings. The fourth-order valence-corrected chi connectivity index (χ4v) is 2.99. The Balaban J connectivity index is 1.81. The van der Waals surface area contributed by atoms with Crippen molar-refractivity contribution in [2.45, 2.75) is 38.3 Å². The Morgan fingerprint density at radius 1 is 1.50 bits per heavy atom. The van der Waals surface area contributed by atoms with Crippen LogP contribution in [0.2, 0.25) is 0 Å². The topological polar surface area (TPSA) is 120 Å². The minimum atomic E-state index is 0.0910. The number of allylic oxidation sites excluding steroid dienone is 1. The maximum absolute atomic E-state index is 11.5. The van der Waals surface area contributed by atoms with Crippen molar-refractivity contribution in [3.05, 3.63) is 30.2 Å². The molecule has 126 valence electrons. The summed E-state index contributed by atoms with van der Waals surface area (Å²) >= 11 is 0. The first-order valence-electron chi connectivity index (χ1n) is 8.11. The zero-order chi connectivity index (χ0) is 17.1. The van der Waals surface area contributed by atoms with E-state index in [1.807, 2.05) is 19.2 Å². The predicted molar refractivity (Wildman–Crippen MR) is 95.9 cm³/mol. The van der Waals surface area contributed by atoms with Crippen molar-refractivity contribution in [1.29, 1.82) is 5.41 Å². The van der Waals surface area contributed by atoms with Gasteiger partial charge < -0.3 is 26.8 Å². The minimum absolute atomic E-state index is 0.0910. The van der Waals surface area contributed by atoms with E-state index in [1.165, 1.54) is 12.4 Å². The maximum atomic E-state index is 11.5. The highest BCUT2D eigenvalue weighted by atomic mass is 16.1. The summed E-state index contributed by atoms with van der Waals surface area (Å²) in [6.45, 7) is 1.85. The second-order valence-electron chi connectivity index (χ2n) is 5.98. The Labute approximate surface area is 140 Å². The first kappa shape index (κ1) is 16.0. The average Bonchev–Trinajstić information content (AvgIpc) is 3.03. The van der Waals surface area contributed by atoms with Crippen molar-refractivity contribution in [3.63, 3.8) is 0 Å². The van der Waals surface area contributed by atoms with Gasteiger partial charge in [0.05, 0.1) is 5.69 Å².